The molecule has 0 spiro atoms. The molecular formula is C12H22N2O2. The first-order valence-corrected chi connectivity index (χ1v) is 5.88. The van der Waals surface area contributed by atoms with E-state index in [4.69, 9.17) is 9.68 Å². The first kappa shape index (κ1) is 11.9. The van der Waals surface area contributed by atoms with Gasteiger partial charge in [0.25, 0.3) is 0 Å². The van der Waals surface area contributed by atoms with Gasteiger partial charge in [0.2, 0.25) is 0 Å². The highest BCUT2D eigenvalue weighted by molar-refractivity contribution is 5.05. The third-order valence-electron chi connectivity index (χ3n) is 3.69. The van der Waals surface area contributed by atoms with Gasteiger partial charge < -0.3 is 4.90 Å². The van der Waals surface area contributed by atoms with Gasteiger partial charge in [-0.15, -0.1) is 5.23 Å². The van der Waals surface area contributed by atoms with Gasteiger partial charge in [0.05, 0.1) is 5.70 Å². The maximum absolute atomic E-state index is 5.86. The highest BCUT2D eigenvalue weighted by Gasteiger charge is 2.50. The summed E-state index contributed by atoms with van der Waals surface area (Å²) < 4.78 is 0. The van der Waals surface area contributed by atoms with Crippen LogP contribution >= 0.6 is 0 Å². The zero-order valence-corrected chi connectivity index (χ0v) is 10.9. The molecule has 0 aliphatic carbocycles. The molecule has 4 nitrogen and oxygen atoms in total. The Labute approximate surface area is 97.7 Å². The molecule has 0 N–H and O–H groups in total. The molecule has 0 aromatic carbocycles. The Morgan fingerprint density at radius 3 is 2.12 bits per heavy atom. The number of rotatable bonds is 1. The van der Waals surface area contributed by atoms with E-state index in [-0.39, 0.29) is 11.2 Å². The topological polar surface area (TPSA) is 24.9 Å². The molecule has 16 heavy (non-hydrogen) atoms. The normalized spacial score (nSPS) is 29.3. The fraction of sp³-hybridized carbons (Fsp3) is 0.833. The molecule has 92 valence electrons. The van der Waals surface area contributed by atoms with Gasteiger partial charge in [-0.1, -0.05) is 0 Å². The van der Waals surface area contributed by atoms with Crippen molar-refractivity contribution < 1.29 is 9.68 Å². The van der Waals surface area contributed by atoms with Crippen molar-refractivity contribution in [1.29, 1.82) is 0 Å². The van der Waals surface area contributed by atoms with Crippen LogP contribution in [0, 0.1) is 0 Å². The molecule has 1 fully saturated rings. The van der Waals surface area contributed by atoms with E-state index in [0.29, 0.717) is 0 Å². The van der Waals surface area contributed by atoms with Crippen LogP contribution in [0.3, 0.4) is 0 Å². The molecule has 0 aromatic rings. The monoisotopic (exact) mass is 226 g/mol. The second-order valence-corrected chi connectivity index (χ2v) is 5.67. The minimum Gasteiger partial charge on any atom is -0.302 e. The number of hydroxylamine groups is 2. The van der Waals surface area contributed by atoms with Gasteiger partial charge >= 0.3 is 0 Å². The van der Waals surface area contributed by atoms with Crippen molar-refractivity contribution in [2.45, 2.75) is 45.3 Å². The van der Waals surface area contributed by atoms with Crippen molar-refractivity contribution >= 4 is 0 Å². The van der Waals surface area contributed by atoms with Gasteiger partial charge in [0, 0.05) is 19.5 Å². The summed E-state index contributed by atoms with van der Waals surface area (Å²) in [5.74, 6) is 0. The minimum atomic E-state index is -0.294. The van der Waals surface area contributed by atoms with E-state index in [1.54, 1.807) is 5.23 Å². The van der Waals surface area contributed by atoms with E-state index in [2.05, 4.69) is 45.7 Å². The molecule has 4 heteroatoms. The Morgan fingerprint density at radius 1 is 1.12 bits per heavy atom. The number of hydrogen-bond donors (Lipinski definition) is 0. The van der Waals surface area contributed by atoms with Crippen molar-refractivity contribution in [2.24, 2.45) is 0 Å². The average molecular weight is 226 g/mol. The van der Waals surface area contributed by atoms with E-state index in [9.17, 15) is 0 Å². The van der Waals surface area contributed by atoms with E-state index >= 15 is 0 Å². The minimum absolute atomic E-state index is 0.294. The summed E-state index contributed by atoms with van der Waals surface area (Å²) >= 11 is 0. The molecule has 2 heterocycles. The fourth-order valence-corrected chi connectivity index (χ4v) is 1.70. The SMILES string of the molecule is CN1CC=C(N2OC(C)(C)C(C)(C)O2)CC1. The molecule has 0 atom stereocenters. The van der Waals surface area contributed by atoms with Crippen molar-refractivity contribution in [3.8, 4) is 0 Å². The standard InChI is InChI=1S/C12H22N2O2/c1-11(2)12(3,4)16-14(15-11)10-6-8-13(5)9-7-10/h6H,7-9H2,1-5H3. The lowest BCUT2D eigenvalue weighted by molar-refractivity contribution is -0.304. The zero-order valence-electron chi connectivity index (χ0n) is 10.9. The second kappa shape index (κ2) is 3.72. The van der Waals surface area contributed by atoms with E-state index in [1.807, 2.05) is 0 Å². The molecule has 0 unspecified atom stereocenters. The van der Waals surface area contributed by atoms with Crippen molar-refractivity contribution in [1.82, 2.24) is 10.1 Å². The van der Waals surface area contributed by atoms with Gasteiger partial charge in [-0.25, -0.2) is 9.68 Å². The van der Waals surface area contributed by atoms with Crippen molar-refractivity contribution in [3.05, 3.63) is 11.8 Å². The van der Waals surface area contributed by atoms with Gasteiger partial charge in [-0.05, 0) is 40.8 Å². The highest BCUT2D eigenvalue weighted by Crippen LogP contribution is 2.39. The van der Waals surface area contributed by atoms with Gasteiger partial charge in [-0.2, -0.15) is 0 Å². The molecule has 0 amide bonds. The molecule has 2 aliphatic rings. The Kier molecular flexibility index (Phi) is 2.77. The summed E-state index contributed by atoms with van der Waals surface area (Å²) in [6.45, 7) is 10.2. The molecule has 0 bridgehead atoms. The summed E-state index contributed by atoms with van der Waals surface area (Å²) in [5.41, 5.74) is 0.547. The van der Waals surface area contributed by atoms with Crippen LogP contribution in [0.25, 0.3) is 0 Å². The molecule has 2 rings (SSSR count). The Hall–Kier alpha value is -0.580. The first-order chi connectivity index (χ1) is 7.32. The summed E-state index contributed by atoms with van der Waals surface area (Å²) in [6.07, 6.45) is 3.14. The molecule has 1 saturated heterocycles. The fourth-order valence-electron chi connectivity index (χ4n) is 1.70. The van der Waals surface area contributed by atoms with Crippen LogP contribution in [-0.4, -0.2) is 41.5 Å². The molecular weight excluding hydrogens is 204 g/mol. The van der Waals surface area contributed by atoms with Crippen LogP contribution in [0.2, 0.25) is 0 Å². The second-order valence-electron chi connectivity index (χ2n) is 5.67. The third-order valence-corrected chi connectivity index (χ3v) is 3.69. The predicted octanol–water partition coefficient (Wildman–Crippen LogP) is 1.94. The predicted molar refractivity (Wildman–Crippen MR) is 62.4 cm³/mol. The lowest BCUT2D eigenvalue weighted by Crippen LogP contribution is -2.41. The number of nitrogens with zero attached hydrogens (tertiary/aromatic N) is 2. The summed E-state index contributed by atoms with van der Waals surface area (Å²) in [6, 6.07) is 0. The molecule has 0 aromatic heterocycles. The van der Waals surface area contributed by atoms with Crippen LogP contribution in [0.1, 0.15) is 34.1 Å². The maximum Gasteiger partial charge on any atom is 0.124 e. The first-order valence-electron chi connectivity index (χ1n) is 5.88. The molecule has 2 aliphatic heterocycles. The highest BCUT2D eigenvalue weighted by atomic mass is 17.0. The van der Waals surface area contributed by atoms with Crippen LogP contribution in [-0.2, 0) is 9.68 Å². The average Bonchev–Trinajstić information content (AvgIpc) is 2.37. The van der Waals surface area contributed by atoms with E-state index in [0.717, 1.165) is 25.2 Å². The van der Waals surface area contributed by atoms with Gasteiger partial charge in [0.15, 0.2) is 0 Å². The lowest BCUT2D eigenvalue weighted by Gasteiger charge is -2.26. The van der Waals surface area contributed by atoms with Gasteiger partial charge in [-0.3, -0.25) is 0 Å². The number of likely N-dealkylation sites (N-methyl/N-ethyl adjacent to an activating group) is 1. The third kappa shape index (κ3) is 1.97. The zero-order chi connectivity index (χ0) is 12.0. The largest absolute Gasteiger partial charge is 0.302 e. The maximum atomic E-state index is 5.86. The Bertz CT molecular complexity index is 294. The summed E-state index contributed by atoms with van der Waals surface area (Å²) in [7, 11) is 2.12. The lowest BCUT2D eigenvalue weighted by atomic mass is 9.90. The van der Waals surface area contributed by atoms with Crippen LogP contribution in [0.4, 0.5) is 0 Å². The van der Waals surface area contributed by atoms with Crippen LogP contribution in [0.15, 0.2) is 11.8 Å². The summed E-state index contributed by atoms with van der Waals surface area (Å²) in [5, 5.41) is 1.62. The Morgan fingerprint density at radius 2 is 1.69 bits per heavy atom. The Balaban J connectivity index is 2.09. The van der Waals surface area contributed by atoms with E-state index < -0.39 is 0 Å². The van der Waals surface area contributed by atoms with Crippen molar-refractivity contribution in [2.75, 3.05) is 20.1 Å². The summed E-state index contributed by atoms with van der Waals surface area (Å²) in [4.78, 5) is 14.0. The van der Waals surface area contributed by atoms with Crippen molar-refractivity contribution in [3.63, 3.8) is 0 Å². The molecule has 0 radical (unpaired) electrons. The van der Waals surface area contributed by atoms with Crippen LogP contribution in [0.5, 0.6) is 0 Å². The quantitative estimate of drug-likeness (QED) is 0.682. The number of hydrogen-bond acceptors (Lipinski definition) is 4. The molecule has 0 saturated carbocycles. The van der Waals surface area contributed by atoms with Gasteiger partial charge in [0.1, 0.15) is 11.2 Å². The van der Waals surface area contributed by atoms with Crippen LogP contribution < -0.4 is 0 Å². The smallest absolute Gasteiger partial charge is 0.124 e. The van der Waals surface area contributed by atoms with E-state index in [1.165, 1.54) is 0 Å².